The summed E-state index contributed by atoms with van der Waals surface area (Å²) < 4.78 is 15.3. The Labute approximate surface area is 122 Å². The normalized spacial score (nSPS) is 12.7. The zero-order chi connectivity index (χ0) is 15.2. The Bertz CT molecular complexity index is 231. The Hall–Kier alpha value is -0.690. The lowest BCUT2D eigenvalue weighted by Gasteiger charge is -2.26. The minimum atomic E-state index is -0.302. The van der Waals surface area contributed by atoms with E-state index in [4.69, 9.17) is 14.2 Å². The van der Waals surface area contributed by atoms with Crippen LogP contribution in [0.25, 0.3) is 0 Å². The van der Waals surface area contributed by atoms with Gasteiger partial charge in [-0.2, -0.15) is 0 Å². The first kappa shape index (κ1) is 19.3. The molecule has 0 aromatic heterocycles. The molecule has 0 aliphatic carbocycles. The third-order valence-electron chi connectivity index (χ3n) is 2.88. The molecule has 1 atom stereocenters. The van der Waals surface area contributed by atoms with Crippen molar-refractivity contribution < 1.29 is 19.0 Å². The highest BCUT2D eigenvalue weighted by Crippen LogP contribution is 1.98. The SMILES string of the molecule is CCCNC(CN(CCOC)CCOC)C(=O)OCC. The summed E-state index contributed by atoms with van der Waals surface area (Å²) in [6, 6.07) is -0.302. The van der Waals surface area contributed by atoms with E-state index >= 15 is 0 Å². The van der Waals surface area contributed by atoms with Gasteiger partial charge < -0.3 is 19.5 Å². The van der Waals surface area contributed by atoms with E-state index < -0.39 is 0 Å². The Morgan fingerprint density at radius 1 is 1.15 bits per heavy atom. The number of rotatable bonds is 13. The summed E-state index contributed by atoms with van der Waals surface area (Å²) in [5.41, 5.74) is 0. The van der Waals surface area contributed by atoms with Crippen molar-refractivity contribution >= 4 is 5.97 Å². The summed E-state index contributed by atoms with van der Waals surface area (Å²) in [4.78, 5) is 14.1. The molecule has 0 aliphatic heterocycles. The molecule has 0 saturated carbocycles. The lowest BCUT2D eigenvalue weighted by atomic mass is 10.2. The molecule has 1 N–H and O–H groups in total. The van der Waals surface area contributed by atoms with Crippen LogP contribution in [0.1, 0.15) is 20.3 Å². The van der Waals surface area contributed by atoms with Crippen molar-refractivity contribution in [2.24, 2.45) is 0 Å². The van der Waals surface area contributed by atoms with Crippen LogP contribution in [-0.4, -0.2) is 77.1 Å². The maximum atomic E-state index is 12.0. The van der Waals surface area contributed by atoms with E-state index in [0.29, 0.717) is 26.4 Å². The zero-order valence-corrected chi connectivity index (χ0v) is 13.3. The maximum absolute atomic E-state index is 12.0. The molecule has 0 aromatic rings. The lowest BCUT2D eigenvalue weighted by Crippen LogP contribution is -2.48. The Kier molecular flexibility index (Phi) is 12.8. The van der Waals surface area contributed by atoms with Crippen molar-refractivity contribution in [1.82, 2.24) is 10.2 Å². The van der Waals surface area contributed by atoms with E-state index in [-0.39, 0.29) is 12.0 Å². The van der Waals surface area contributed by atoms with E-state index in [1.807, 2.05) is 6.92 Å². The largest absolute Gasteiger partial charge is 0.465 e. The second-order valence-electron chi connectivity index (χ2n) is 4.54. The second kappa shape index (κ2) is 13.3. The van der Waals surface area contributed by atoms with Gasteiger partial charge in [-0.15, -0.1) is 0 Å². The van der Waals surface area contributed by atoms with Crippen LogP contribution in [0.4, 0.5) is 0 Å². The van der Waals surface area contributed by atoms with E-state index in [1.165, 1.54) is 0 Å². The number of carbonyl (C=O) groups excluding carboxylic acids is 1. The van der Waals surface area contributed by atoms with Gasteiger partial charge in [-0.05, 0) is 19.9 Å². The summed E-state index contributed by atoms with van der Waals surface area (Å²) in [7, 11) is 3.35. The van der Waals surface area contributed by atoms with Crippen LogP contribution < -0.4 is 5.32 Å². The molecule has 0 bridgehead atoms. The minimum Gasteiger partial charge on any atom is -0.465 e. The van der Waals surface area contributed by atoms with Crippen molar-refractivity contribution in [3.05, 3.63) is 0 Å². The predicted octanol–water partition coefficient (Wildman–Crippen LogP) is 0.513. The first-order valence-corrected chi connectivity index (χ1v) is 7.29. The Morgan fingerprint density at radius 2 is 1.75 bits per heavy atom. The van der Waals surface area contributed by atoms with Crippen molar-refractivity contribution in [3.63, 3.8) is 0 Å². The summed E-state index contributed by atoms with van der Waals surface area (Å²) in [6.45, 7) is 8.50. The number of carbonyl (C=O) groups is 1. The molecule has 0 fully saturated rings. The van der Waals surface area contributed by atoms with Crippen molar-refractivity contribution in [1.29, 1.82) is 0 Å². The highest BCUT2D eigenvalue weighted by molar-refractivity contribution is 5.76. The third kappa shape index (κ3) is 9.25. The molecule has 0 aliphatic rings. The summed E-state index contributed by atoms with van der Waals surface area (Å²) in [5, 5.41) is 3.24. The molecule has 0 radical (unpaired) electrons. The summed E-state index contributed by atoms with van der Waals surface area (Å²) in [5.74, 6) is -0.194. The number of methoxy groups -OCH3 is 2. The maximum Gasteiger partial charge on any atom is 0.324 e. The van der Waals surface area contributed by atoms with Gasteiger partial charge in [-0.25, -0.2) is 0 Å². The number of ether oxygens (including phenoxy) is 3. The first-order chi connectivity index (χ1) is 9.69. The standard InChI is InChI=1S/C14H30N2O4/c1-5-7-15-13(14(17)20-6-2)12-16(8-10-18-3)9-11-19-4/h13,15H,5-12H2,1-4H3. The quantitative estimate of drug-likeness (QED) is 0.499. The summed E-state index contributed by atoms with van der Waals surface area (Å²) in [6.07, 6.45) is 0.978. The van der Waals surface area contributed by atoms with E-state index in [9.17, 15) is 4.79 Å². The van der Waals surface area contributed by atoms with Gasteiger partial charge in [0.25, 0.3) is 0 Å². The van der Waals surface area contributed by atoms with Gasteiger partial charge in [0.2, 0.25) is 0 Å². The predicted molar refractivity (Wildman–Crippen MR) is 78.9 cm³/mol. The number of hydrogen-bond acceptors (Lipinski definition) is 6. The van der Waals surface area contributed by atoms with Crippen molar-refractivity contribution in [2.75, 3.05) is 60.2 Å². The van der Waals surface area contributed by atoms with Crippen molar-refractivity contribution in [2.45, 2.75) is 26.3 Å². The van der Waals surface area contributed by atoms with Gasteiger partial charge in [0.05, 0.1) is 19.8 Å². The molecular formula is C14H30N2O4. The monoisotopic (exact) mass is 290 g/mol. The van der Waals surface area contributed by atoms with Gasteiger partial charge in [-0.3, -0.25) is 9.69 Å². The molecule has 20 heavy (non-hydrogen) atoms. The van der Waals surface area contributed by atoms with Gasteiger partial charge in [0.15, 0.2) is 0 Å². The number of esters is 1. The van der Waals surface area contributed by atoms with E-state index in [2.05, 4.69) is 17.1 Å². The van der Waals surface area contributed by atoms with Crippen LogP contribution in [0.2, 0.25) is 0 Å². The fourth-order valence-electron chi connectivity index (χ4n) is 1.78. The van der Waals surface area contributed by atoms with Crippen molar-refractivity contribution in [3.8, 4) is 0 Å². The van der Waals surface area contributed by atoms with Crippen LogP contribution in [0.15, 0.2) is 0 Å². The molecule has 0 rings (SSSR count). The molecule has 0 saturated heterocycles. The summed E-state index contributed by atoms with van der Waals surface area (Å²) >= 11 is 0. The first-order valence-electron chi connectivity index (χ1n) is 7.29. The third-order valence-corrected chi connectivity index (χ3v) is 2.88. The van der Waals surface area contributed by atoms with Gasteiger partial charge in [0, 0.05) is 33.9 Å². The second-order valence-corrected chi connectivity index (χ2v) is 4.54. The highest BCUT2D eigenvalue weighted by Gasteiger charge is 2.22. The molecule has 6 nitrogen and oxygen atoms in total. The molecule has 120 valence electrons. The zero-order valence-electron chi connectivity index (χ0n) is 13.3. The molecule has 6 heteroatoms. The van der Waals surface area contributed by atoms with Crippen LogP contribution >= 0.6 is 0 Å². The van der Waals surface area contributed by atoms with Crippen LogP contribution in [0.5, 0.6) is 0 Å². The molecule has 0 spiro atoms. The molecule has 0 heterocycles. The smallest absolute Gasteiger partial charge is 0.324 e. The molecule has 1 unspecified atom stereocenters. The minimum absolute atomic E-state index is 0.194. The number of nitrogens with one attached hydrogen (secondary N) is 1. The van der Waals surface area contributed by atoms with Crippen LogP contribution in [0.3, 0.4) is 0 Å². The topological polar surface area (TPSA) is 60.0 Å². The average molecular weight is 290 g/mol. The molecular weight excluding hydrogens is 260 g/mol. The molecule has 0 aromatic carbocycles. The number of nitrogens with zero attached hydrogens (tertiary/aromatic N) is 1. The van der Waals surface area contributed by atoms with Gasteiger partial charge in [-0.1, -0.05) is 6.92 Å². The van der Waals surface area contributed by atoms with E-state index in [1.54, 1.807) is 14.2 Å². The van der Waals surface area contributed by atoms with E-state index in [0.717, 1.165) is 26.1 Å². The van der Waals surface area contributed by atoms with Crippen LogP contribution in [-0.2, 0) is 19.0 Å². The highest BCUT2D eigenvalue weighted by atomic mass is 16.5. The molecule has 0 amide bonds. The van der Waals surface area contributed by atoms with Gasteiger partial charge >= 0.3 is 5.97 Å². The Morgan fingerprint density at radius 3 is 2.20 bits per heavy atom. The average Bonchev–Trinajstić information content (AvgIpc) is 2.45. The number of hydrogen-bond donors (Lipinski definition) is 1. The fourth-order valence-corrected chi connectivity index (χ4v) is 1.78. The lowest BCUT2D eigenvalue weighted by molar-refractivity contribution is -0.146. The van der Waals surface area contributed by atoms with Crippen LogP contribution in [0, 0.1) is 0 Å². The Balaban J connectivity index is 4.45. The fraction of sp³-hybridized carbons (Fsp3) is 0.929. The van der Waals surface area contributed by atoms with Gasteiger partial charge in [0.1, 0.15) is 6.04 Å².